The standard InChI is InChI=1S/C49H78O17P2/c1-3-5-7-8-9-10-11-12-13-16-19-22-25-28-32-36-42(51)62-38-41(39-63-68(60,61)66-49-46(55)44(53)45(54)48(47(49)56)65-67(57,58)59)64-43(52)37-33-29-26-23-20-17-14-15-18-21-24-27-31-35-40(50)34-30-6-4-2/h6,9-10,12-13,15,17-20,22,24,26-27,29-31,35,40-41,44-50,53-56H,3-5,7-8,11,14,16,21,23,25,28,32-34,36-39H2,1-2H3,(H,60,61)(H2,57,58,59)/b10-9-,13-12-,18-15-,20-17-,22-19-,27-24+,29-26-,30-6-,35-31+/t40?,41-,44?,45?,46?,47?,48-,49+/m1/s1. The molecule has 6 unspecified atom stereocenters. The number of allylic oxidation sites excluding steroid dienone is 16. The van der Waals surface area contributed by atoms with Gasteiger partial charge in [0.1, 0.15) is 43.2 Å². The van der Waals surface area contributed by atoms with E-state index in [2.05, 4.69) is 41.8 Å². The number of carbonyl (C=O) groups is 2. The minimum Gasteiger partial charge on any atom is -0.462 e. The molecule has 386 valence electrons. The van der Waals surface area contributed by atoms with Gasteiger partial charge in [0.15, 0.2) is 6.10 Å². The predicted molar refractivity (Wildman–Crippen MR) is 261 cm³/mol. The highest BCUT2D eigenvalue weighted by molar-refractivity contribution is 7.47. The molecule has 9 atom stereocenters. The lowest BCUT2D eigenvalue weighted by Crippen LogP contribution is -2.64. The monoisotopic (exact) mass is 1000 g/mol. The zero-order valence-electron chi connectivity index (χ0n) is 39.6. The van der Waals surface area contributed by atoms with Crippen LogP contribution in [-0.4, -0.2) is 114 Å². The van der Waals surface area contributed by atoms with Crippen LogP contribution in [0, 0.1) is 0 Å². The first kappa shape index (κ1) is 62.6. The number of carbonyl (C=O) groups excluding carboxylic acids is 2. The van der Waals surface area contributed by atoms with Gasteiger partial charge in [-0.3, -0.25) is 23.2 Å². The van der Waals surface area contributed by atoms with Crippen molar-refractivity contribution in [2.75, 3.05) is 13.2 Å². The van der Waals surface area contributed by atoms with Crippen molar-refractivity contribution >= 4 is 27.6 Å². The molecule has 0 aliphatic heterocycles. The summed E-state index contributed by atoms with van der Waals surface area (Å²) >= 11 is 0. The number of aliphatic hydroxyl groups excluding tert-OH is 5. The van der Waals surface area contributed by atoms with Gasteiger partial charge >= 0.3 is 27.6 Å². The van der Waals surface area contributed by atoms with Gasteiger partial charge in [-0.2, -0.15) is 0 Å². The maximum Gasteiger partial charge on any atom is 0.472 e. The van der Waals surface area contributed by atoms with Crippen LogP contribution in [0.1, 0.15) is 123 Å². The largest absolute Gasteiger partial charge is 0.472 e. The van der Waals surface area contributed by atoms with Crippen LogP contribution < -0.4 is 0 Å². The van der Waals surface area contributed by atoms with Gasteiger partial charge in [0, 0.05) is 12.8 Å². The van der Waals surface area contributed by atoms with Crippen molar-refractivity contribution < 1.29 is 82.0 Å². The fourth-order valence-corrected chi connectivity index (χ4v) is 7.80. The molecule has 17 nitrogen and oxygen atoms in total. The summed E-state index contributed by atoms with van der Waals surface area (Å²) in [6.07, 6.45) is 32.5. The number of hydrogen-bond donors (Lipinski definition) is 8. The molecule has 0 radical (unpaired) electrons. The number of ether oxygens (including phenoxy) is 2. The molecule has 0 heterocycles. The Kier molecular flexibility index (Phi) is 35.4. The van der Waals surface area contributed by atoms with Crippen LogP contribution >= 0.6 is 15.6 Å². The topological polar surface area (TPSA) is 276 Å². The van der Waals surface area contributed by atoms with E-state index in [0.717, 1.165) is 44.9 Å². The van der Waals surface area contributed by atoms with Crippen LogP contribution in [0.5, 0.6) is 0 Å². The first-order valence-electron chi connectivity index (χ1n) is 23.5. The Morgan fingerprint density at radius 2 is 1.09 bits per heavy atom. The van der Waals surface area contributed by atoms with E-state index in [-0.39, 0.29) is 19.3 Å². The minimum absolute atomic E-state index is 0.0415. The van der Waals surface area contributed by atoms with Gasteiger partial charge in [0.05, 0.1) is 12.7 Å². The van der Waals surface area contributed by atoms with Crippen LogP contribution in [0.25, 0.3) is 0 Å². The lowest BCUT2D eigenvalue weighted by atomic mass is 9.85. The fourth-order valence-electron chi connectivity index (χ4n) is 6.26. The minimum atomic E-state index is -5.39. The molecular weight excluding hydrogens is 922 g/mol. The summed E-state index contributed by atoms with van der Waals surface area (Å²) < 4.78 is 49.2. The lowest BCUT2D eigenvalue weighted by Gasteiger charge is -2.43. The normalized spacial score (nSPS) is 22.7. The second-order valence-corrected chi connectivity index (χ2v) is 18.5. The second-order valence-electron chi connectivity index (χ2n) is 15.9. The van der Waals surface area contributed by atoms with Crippen LogP contribution in [0.2, 0.25) is 0 Å². The lowest BCUT2D eigenvalue weighted by molar-refractivity contribution is -0.216. The van der Waals surface area contributed by atoms with Crippen molar-refractivity contribution in [1.29, 1.82) is 0 Å². The summed E-state index contributed by atoms with van der Waals surface area (Å²) in [4.78, 5) is 54.2. The highest BCUT2D eigenvalue weighted by Crippen LogP contribution is 2.49. The van der Waals surface area contributed by atoms with Crippen LogP contribution in [0.4, 0.5) is 0 Å². The van der Waals surface area contributed by atoms with E-state index < -0.39 is 89.6 Å². The van der Waals surface area contributed by atoms with E-state index in [9.17, 15) is 58.9 Å². The van der Waals surface area contributed by atoms with Crippen molar-refractivity contribution in [2.24, 2.45) is 0 Å². The SMILES string of the molecule is CC/C=C\CC(O)/C=C/C=C/C/C=C\C/C=C\C/C=C\CCC(=O)O[C@H](COC(=O)CCCC/C=C\C/C=C\C/C=C\CCCCC)COP(=O)(O)O[C@H]1C(O)C(O)C(O)[C@@H](OP(=O)(O)O)C1O. The van der Waals surface area contributed by atoms with Crippen molar-refractivity contribution in [2.45, 2.75) is 172 Å². The molecule has 1 rings (SSSR count). The first-order chi connectivity index (χ1) is 32.5. The Morgan fingerprint density at radius 1 is 0.559 bits per heavy atom. The molecule has 1 saturated carbocycles. The number of phosphoric acid groups is 2. The van der Waals surface area contributed by atoms with E-state index in [1.165, 1.54) is 19.3 Å². The molecular formula is C49H78O17P2. The summed E-state index contributed by atoms with van der Waals surface area (Å²) in [6, 6.07) is 0. The predicted octanol–water partition coefficient (Wildman–Crippen LogP) is 7.92. The number of esters is 2. The number of aliphatic hydroxyl groups is 5. The van der Waals surface area contributed by atoms with Crippen LogP contribution in [0.3, 0.4) is 0 Å². The molecule has 68 heavy (non-hydrogen) atoms. The summed E-state index contributed by atoms with van der Waals surface area (Å²) in [5, 5.41) is 51.1. The third-order valence-corrected chi connectivity index (χ3v) is 11.4. The Hall–Kier alpha value is -3.38. The molecule has 8 N–H and O–H groups in total. The Labute approximate surface area is 402 Å². The van der Waals surface area contributed by atoms with Crippen LogP contribution in [0.15, 0.2) is 109 Å². The third kappa shape index (κ3) is 32.4. The van der Waals surface area contributed by atoms with Gasteiger partial charge in [0.25, 0.3) is 0 Å². The number of unbranched alkanes of at least 4 members (excludes halogenated alkanes) is 5. The van der Waals surface area contributed by atoms with Crippen molar-refractivity contribution in [3.8, 4) is 0 Å². The van der Waals surface area contributed by atoms with E-state index in [0.29, 0.717) is 25.7 Å². The molecule has 1 fully saturated rings. The van der Waals surface area contributed by atoms with Gasteiger partial charge < -0.3 is 49.7 Å². The van der Waals surface area contributed by atoms with Crippen molar-refractivity contribution in [3.63, 3.8) is 0 Å². The molecule has 0 spiro atoms. The van der Waals surface area contributed by atoms with Crippen LogP contribution in [-0.2, 0) is 41.8 Å². The molecule has 1 aliphatic carbocycles. The number of hydrogen-bond acceptors (Lipinski definition) is 14. The maximum absolute atomic E-state index is 13.0. The smallest absolute Gasteiger partial charge is 0.462 e. The molecule has 0 aromatic carbocycles. The Balaban J connectivity index is 2.70. The number of phosphoric ester groups is 2. The molecule has 0 bridgehead atoms. The fraction of sp³-hybridized carbons (Fsp3) is 0.592. The highest BCUT2D eigenvalue weighted by Gasteiger charge is 2.54. The van der Waals surface area contributed by atoms with Gasteiger partial charge in [0.2, 0.25) is 0 Å². The average molecular weight is 1000 g/mol. The van der Waals surface area contributed by atoms with Gasteiger partial charge in [-0.1, -0.05) is 136 Å². The third-order valence-electron chi connectivity index (χ3n) is 9.92. The quantitative estimate of drug-likeness (QED) is 0.00965. The summed E-state index contributed by atoms with van der Waals surface area (Å²) in [6.45, 7) is 2.76. The Morgan fingerprint density at radius 3 is 1.65 bits per heavy atom. The summed E-state index contributed by atoms with van der Waals surface area (Å²) in [5.41, 5.74) is 0. The van der Waals surface area contributed by atoms with E-state index in [4.69, 9.17) is 18.5 Å². The van der Waals surface area contributed by atoms with Gasteiger partial charge in [-0.15, -0.1) is 0 Å². The molecule has 0 amide bonds. The van der Waals surface area contributed by atoms with E-state index >= 15 is 0 Å². The van der Waals surface area contributed by atoms with Crippen molar-refractivity contribution in [3.05, 3.63) is 109 Å². The molecule has 0 aromatic heterocycles. The molecule has 19 heteroatoms. The zero-order valence-corrected chi connectivity index (χ0v) is 41.4. The summed E-state index contributed by atoms with van der Waals surface area (Å²) in [5.74, 6) is -1.38. The maximum atomic E-state index is 13.0. The Bertz CT molecular complexity index is 1750. The van der Waals surface area contributed by atoms with E-state index in [1.54, 1.807) is 12.2 Å². The zero-order chi connectivity index (χ0) is 50.5. The molecule has 1 aliphatic rings. The molecule has 0 aromatic rings. The van der Waals surface area contributed by atoms with E-state index in [1.807, 2.05) is 73.8 Å². The second kappa shape index (κ2) is 38.4. The summed E-state index contributed by atoms with van der Waals surface area (Å²) in [7, 11) is -10.7. The first-order valence-corrected chi connectivity index (χ1v) is 26.6. The highest BCUT2D eigenvalue weighted by atomic mass is 31.2. The number of rotatable bonds is 37. The molecule has 0 saturated heterocycles. The van der Waals surface area contributed by atoms with Gasteiger partial charge in [-0.05, 0) is 83.5 Å². The average Bonchev–Trinajstić information content (AvgIpc) is 3.29. The van der Waals surface area contributed by atoms with Gasteiger partial charge in [-0.25, -0.2) is 9.13 Å². The van der Waals surface area contributed by atoms with Crippen molar-refractivity contribution in [1.82, 2.24) is 0 Å².